The van der Waals surface area contributed by atoms with Crippen LogP contribution < -0.4 is 10.6 Å². The average molecular weight is 223 g/mol. The molecule has 0 radical (unpaired) electrons. The largest absolute Gasteiger partial charge is 0.396 e. The number of hydrogen-bond acceptors (Lipinski definition) is 4. The second kappa shape index (κ2) is 4.75. The number of nitrogens with two attached hydrogens (primary N) is 1. The Kier molecular flexibility index (Phi) is 3.36. The fourth-order valence-electron chi connectivity index (χ4n) is 1.77. The van der Waals surface area contributed by atoms with E-state index in [4.69, 9.17) is 5.73 Å². The minimum absolute atomic E-state index is 0.837. The maximum Gasteiger partial charge on any atom is 0.152 e. The molecule has 15 heavy (non-hydrogen) atoms. The van der Waals surface area contributed by atoms with E-state index >= 15 is 0 Å². The molecule has 0 atom stereocenters. The first-order valence-corrected chi connectivity index (χ1v) is 6.48. The molecule has 0 aliphatic carbocycles. The van der Waals surface area contributed by atoms with Crippen LogP contribution in [0.5, 0.6) is 0 Å². The second-order valence-electron chi connectivity index (χ2n) is 3.82. The van der Waals surface area contributed by atoms with Crippen LogP contribution in [0.3, 0.4) is 0 Å². The van der Waals surface area contributed by atoms with Gasteiger partial charge < -0.3 is 10.6 Å². The molecule has 1 aromatic rings. The van der Waals surface area contributed by atoms with Crippen LogP contribution in [0.25, 0.3) is 0 Å². The first-order chi connectivity index (χ1) is 7.29. The summed E-state index contributed by atoms with van der Waals surface area (Å²) >= 11 is 2.01. The van der Waals surface area contributed by atoms with Gasteiger partial charge in [0.05, 0.1) is 5.69 Å². The molecule has 0 spiro atoms. The Hall–Kier alpha value is -0.900. The van der Waals surface area contributed by atoms with Gasteiger partial charge in [0.2, 0.25) is 0 Å². The first-order valence-electron chi connectivity index (χ1n) is 5.33. The van der Waals surface area contributed by atoms with E-state index in [0.29, 0.717) is 0 Å². The molecule has 0 aromatic carbocycles. The van der Waals surface area contributed by atoms with Crippen LogP contribution in [0, 0.1) is 6.92 Å². The van der Waals surface area contributed by atoms with Crippen molar-refractivity contribution in [1.82, 2.24) is 4.98 Å². The van der Waals surface area contributed by atoms with Gasteiger partial charge in [0.25, 0.3) is 0 Å². The van der Waals surface area contributed by atoms with Crippen molar-refractivity contribution in [1.29, 1.82) is 0 Å². The van der Waals surface area contributed by atoms with Crippen molar-refractivity contribution in [2.45, 2.75) is 13.3 Å². The lowest BCUT2D eigenvalue weighted by Crippen LogP contribution is -2.27. The van der Waals surface area contributed by atoms with Gasteiger partial charge in [-0.25, -0.2) is 4.98 Å². The van der Waals surface area contributed by atoms with Crippen LogP contribution in [0.2, 0.25) is 0 Å². The molecule has 0 unspecified atom stereocenters. The number of rotatable bonds is 1. The van der Waals surface area contributed by atoms with Crippen molar-refractivity contribution >= 4 is 23.3 Å². The van der Waals surface area contributed by atoms with E-state index in [-0.39, 0.29) is 0 Å². The number of hydrogen-bond donors (Lipinski definition) is 1. The Bertz CT molecular complexity index is 333. The molecule has 4 heteroatoms. The summed E-state index contributed by atoms with van der Waals surface area (Å²) in [7, 11) is 0. The lowest BCUT2D eigenvalue weighted by molar-refractivity contribution is 0.802. The van der Waals surface area contributed by atoms with Crippen molar-refractivity contribution in [2.75, 3.05) is 35.2 Å². The lowest BCUT2D eigenvalue weighted by atomic mass is 10.2. The summed E-state index contributed by atoms with van der Waals surface area (Å²) in [4.78, 5) is 6.70. The van der Waals surface area contributed by atoms with Gasteiger partial charge in [0.15, 0.2) is 5.82 Å². The van der Waals surface area contributed by atoms with E-state index < -0.39 is 0 Å². The highest BCUT2D eigenvalue weighted by Crippen LogP contribution is 2.25. The van der Waals surface area contributed by atoms with Crippen molar-refractivity contribution in [2.24, 2.45) is 0 Å². The molecule has 1 fully saturated rings. The highest BCUT2D eigenvalue weighted by atomic mass is 32.2. The molecule has 1 saturated heterocycles. The van der Waals surface area contributed by atoms with Crippen LogP contribution >= 0.6 is 11.8 Å². The number of pyridine rings is 1. The van der Waals surface area contributed by atoms with Gasteiger partial charge in [0.1, 0.15) is 0 Å². The number of aromatic nitrogens is 1. The summed E-state index contributed by atoms with van der Waals surface area (Å²) in [5.41, 5.74) is 8.01. The van der Waals surface area contributed by atoms with Crippen LogP contribution in [0.15, 0.2) is 12.3 Å². The van der Waals surface area contributed by atoms with Gasteiger partial charge in [0, 0.05) is 25.0 Å². The summed E-state index contributed by atoms with van der Waals surface area (Å²) in [6.07, 6.45) is 3.07. The zero-order valence-corrected chi connectivity index (χ0v) is 9.89. The van der Waals surface area contributed by atoms with E-state index in [2.05, 4.69) is 9.88 Å². The lowest BCUT2D eigenvalue weighted by Gasteiger charge is -2.23. The third kappa shape index (κ3) is 2.37. The zero-order chi connectivity index (χ0) is 10.7. The van der Waals surface area contributed by atoms with Gasteiger partial charge in [-0.15, -0.1) is 0 Å². The van der Waals surface area contributed by atoms with E-state index in [0.717, 1.165) is 30.2 Å². The topological polar surface area (TPSA) is 42.2 Å². The molecule has 2 rings (SSSR count). The van der Waals surface area contributed by atoms with Gasteiger partial charge in [-0.1, -0.05) is 0 Å². The maximum atomic E-state index is 6.05. The van der Waals surface area contributed by atoms with Crippen LogP contribution in [-0.2, 0) is 0 Å². The Labute approximate surface area is 95.1 Å². The predicted molar refractivity (Wildman–Crippen MR) is 67.5 cm³/mol. The SMILES string of the molecule is Cc1ccnc(N2CCCSCC2)c1N. The highest BCUT2D eigenvalue weighted by molar-refractivity contribution is 7.99. The molecule has 82 valence electrons. The molecule has 0 bridgehead atoms. The van der Waals surface area contributed by atoms with Gasteiger partial charge in [-0.05, 0) is 30.7 Å². The minimum atomic E-state index is 0.837. The van der Waals surface area contributed by atoms with Crippen molar-refractivity contribution in [3.8, 4) is 0 Å². The molecule has 0 saturated carbocycles. The number of anilines is 2. The summed E-state index contributed by atoms with van der Waals surface area (Å²) in [6.45, 7) is 4.17. The van der Waals surface area contributed by atoms with Crippen LogP contribution in [0.4, 0.5) is 11.5 Å². The van der Waals surface area contributed by atoms with Crippen molar-refractivity contribution < 1.29 is 0 Å². The van der Waals surface area contributed by atoms with Crippen molar-refractivity contribution in [3.63, 3.8) is 0 Å². The third-order valence-electron chi connectivity index (χ3n) is 2.71. The van der Waals surface area contributed by atoms with E-state index in [1.54, 1.807) is 0 Å². The van der Waals surface area contributed by atoms with Crippen LogP contribution in [-0.4, -0.2) is 29.6 Å². The third-order valence-corrected chi connectivity index (χ3v) is 3.76. The zero-order valence-electron chi connectivity index (χ0n) is 9.07. The summed E-state index contributed by atoms with van der Waals surface area (Å²) < 4.78 is 0. The normalized spacial score (nSPS) is 17.5. The summed E-state index contributed by atoms with van der Waals surface area (Å²) in [5, 5.41) is 0. The molecule has 2 heterocycles. The van der Waals surface area contributed by atoms with E-state index in [1.165, 1.54) is 17.9 Å². The predicted octanol–water partition coefficient (Wildman–Crippen LogP) is 1.92. The maximum absolute atomic E-state index is 6.05. The summed E-state index contributed by atoms with van der Waals surface area (Å²) in [6, 6.07) is 1.96. The Morgan fingerprint density at radius 1 is 1.40 bits per heavy atom. The molecule has 1 aliphatic rings. The summed E-state index contributed by atoms with van der Waals surface area (Å²) in [5.74, 6) is 3.40. The van der Waals surface area contributed by atoms with E-state index in [1.807, 2.05) is 30.9 Å². The standard InChI is InChI=1S/C11H17N3S/c1-9-3-4-13-11(10(9)12)14-5-2-7-15-8-6-14/h3-4H,2,5-8,12H2,1H3. The van der Waals surface area contributed by atoms with Gasteiger partial charge >= 0.3 is 0 Å². The highest BCUT2D eigenvalue weighted by Gasteiger charge is 2.14. The average Bonchev–Trinajstić information content (AvgIpc) is 2.50. The quantitative estimate of drug-likeness (QED) is 0.790. The number of nitrogen functional groups attached to an aromatic ring is 1. The molecule has 1 aromatic heterocycles. The molecule has 0 amide bonds. The minimum Gasteiger partial charge on any atom is -0.396 e. The second-order valence-corrected chi connectivity index (χ2v) is 5.04. The number of thioether (sulfide) groups is 1. The molecular formula is C11H17N3S. The number of aryl methyl sites for hydroxylation is 1. The molecule has 1 aliphatic heterocycles. The smallest absolute Gasteiger partial charge is 0.152 e. The molecular weight excluding hydrogens is 206 g/mol. The monoisotopic (exact) mass is 223 g/mol. The Morgan fingerprint density at radius 2 is 2.27 bits per heavy atom. The Morgan fingerprint density at radius 3 is 3.13 bits per heavy atom. The Balaban J connectivity index is 2.23. The fraction of sp³-hybridized carbons (Fsp3) is 0.545. The first kappa shape index (κ1) is 10.6. The fourth-order valence-corrected chi connectivity index (χ4v) is 2.65. The van der Waals surface area contributed by atoms with E-state index in [9.17, 15) is 0 Å². The molecule has 2 N–H and O–H groups in total. The van der Waals surface area contributed by atoms with Gasteiger partial charge in [-0.3, -0.25) is 0 Å². The van der Waals surface area contributed by atoms with Crippen molar-refractivity contribution in [3.05, 3.63) is 17.8 Å². The number of nitrogens with zero attached hydrogens (tertiary/aromatic N) is 2. The van der Waals surface area contributed by atoms with Crippen LogP contribution in [0.1, 0.15) is 12.0 Å². The molecule has 3 nitrogen and oxygen atoms in total. The van der Waals surface area contributed by atoms with Gasteiger partial charge in [-0.2, -0.15) is 11.8 Å².